The van der Waals surface area contributed by atoms with Crippen LogP contribution < -0.4 is 4.90 Å². The SMILES string of the molecule is C[C@@H](OC(=O)c1ccc(N(C)C)c([N+](=O)[O-])c1)C(=O)N1CCc2ccccc2C1. The molecule has 2 aromatic carbocycles. The number of fused-ring (bicyclic) bond motifs is 1. The predicted octanol–water partition coefficient (Wildman–Crippen LogP) is 2.79. The number of carbonyl (C=O) groups excluding carboxylic acids is 2. The van der Waals surface area contributed by atoms with Gasteiger partial charge in [-0.3, -0.25) is 14.9 Å². The van der Waals surface area contributed by atoms with Crippen molar-refractivity contribution < 1.29 is 19.2 Å². The minimum absolute atomic E-state index is 0.0333. The molecule has 1 heterocycles. The van der Waals surface area contributed by atoms with Crippen molar-refractivity contribution in [2.45, 2.75) is 26.0 Å². The fourth-order valence-electron chi connectivity index (χ4n) is 3.39. The Kier molecular flexibility index (Phi) is 5.81. The standard InChI is InChI=1S/C21H23N3O5/c1-14(20(25)23-11-10-15-6-4-5-7-17(15)13-23)29-21(26)16-8-9-18(22(2)3)19(12-16)24(27)28/h4-9,12,14H,10-11,13H2,1-3H3/t14-/m1/s1. The Hall–Kier alpha value is -3.42. The molecule has 0 saturated heterocycles. The largest absolute Gasteiger partial charge is 0.449 e. The lowest BCUT2D eigenvalue weighted by atomic mass is 9.99. The second kappa shape index (κ2) is 8.30. The molecule has 0 aromatic heterocycles. The Balaban J connectivity index is 1.70. The highest BCUT2D eigenvalue weighted by molar-refractivity contribution is 5.93. The van der Waals surface area contributed by atoms with Crippen LogP contribution in [0.3, 0.4) is 0 Å². The fraction of sp³-hybridized carbons (Fsp3) is 0.333. The fourth-order valence-corrected chi connectivity index (χ4v) is 3.39. The molecule has 0 saturated carbocycles. The third-order valence-corrected chi connectivity index (χ3v) is 4.96. The summed E-state index contributed by atoms with van der Waals surface area (Å²) >= 11 is 0. The molecule has 1 amide bonds. The second-order valence-electron chi connectivity index (χ2n) is 7.18. The number of rotatable bonds is 5. The monoisotopic (exact) mass is 397 g/mol. The maximum atomic E-state index is 12.7. The third-order valence-electron chi connectivity index (χ3n) is 4.96. The smallest absolute Gasteiger partial charge is 0.339 e. The highest BCUT2D eigenvalue weighted by Gasteiger charge is 2.28. The lowest BCUT2D eigenvalue weighted by molar-refractivity contribution is -0.384. The van der Waals surface area contributed by atoms with Gasteiger partial charge in [0.25, 0.3) is 11.6 Å². The first kappa shape index (κ1) is 20.3. The lowest BCUT2D eigenvalue weighted by Crippen LogP contribution is -2.42. The van der Waals surface area contributed by atoms with Gasteiger partial charge < -0.3 is 14.5 Å². The molecule has 1 aliphatic heterocycles. The van der Waals surface area contributed by atoms with Crippen molar-refractivity contribution in [2.24, 2.45) is 0 Å². The quantitative estimate of drug-likeness (QED) is 0.438. The summed E-state index contributed by atoms with van der Waals surface area (Å²) in [4.78, 5) is 39.2. The summed E-state index contributed by atoms with van der Waals surface area (Å²) in [6.45, 7) is 2.55. The van der Waals surface area contributed by atoms with Crippen molar-refractivity contribution in [1.29, 1.82) is 0 Å². The number of hydrogen-bond acceptors (Lipinski definition) is 6. The Morgan fingerprint density at radius 3 is 2.52 bits per heavy atom. The Bertz CT molecular complexity index is 957. The lowest BCUT2D eigenvalue weighted by Gasteiger charge is -2.30. The molecule has 0 bridgehead atoms. The third kappa shape index (κ3) is 4.37. The average Bonchev–Trinajstić information content (AvgIpc) is 2.72. The van der Waals surface area contributed by atoms with Crippen LogP contribution in [-0.2, 0) is 22.5 Å². The highest BCUT2D eigenvalue weighted by Crippen LogP contribution is 2.28. The van der Waals surface area contributed by atoms with E-state index < -0.39 is 17.0 Å². The molecule has 152 valence electrons. The van der Waals surface area contributed by atoms with E-state index in [0.29, 0.717) is 18.8 Å². The van der Waals surface area contributed by atoms with Crippen LogP contribution in [0.4, 0.5) is 11.4 Å². The van der Waals surface area contributed by atoms with Crippen molar-refractivity contribution in [3.63, 3.8) is 0 Å². The zero-order chi connectivity index (χ0) is 21.1. The van der Waals surface area contributed by atoms with Crippen LogP contribution in [0.25, 0.3) is 0 Å². The van der Waals surface area contributed by atoms with E-state index in [0.717, 1.165) is 12.0 Å². The molecule has 29 heavy (non-hydrogen) atoms. The van der Waals surface area contributed by atoms with Crippen molar-refractivity contribution in [3.05, 3.63) is 69.3 Å². The number of nitrogens with zero attached hydrogens (tertiary/aromatic N) is 3. The molecule has 1 atom stereocenters. The summed E-state index contributed by atoms with van der Waals surface area (Å²) in [5.74, 6) is -1.05. The van der Waals surface area contributed by atoms with Gasteiger partial charge >= 0.3 is 5.97 Å². The molecular weight excluding hydrogens is 374 g/mol. The zero-order valence-corrected chi connectivity index (χ0v) is 16.6. The van der Waals surface area contributed by atoms with Crippen molar-refractivity contribution in [1.82, 2.24) is 4.90 Å². The van der Waals surface area contributed by atoms with Crippen molar-refractivity contribution >= 4 is 23.3 Å². The number of amides is 1. The number of hydrogen-bond donors (Lipinski definition) is 0. The van der Waals surface area contributed by atoms with Gasteiger partial charge in [-0.25, -0.2) is 4.79 Å². The molecule has 0 spiro atoms. The van der Waals surface area contributed by atoms with E-state index in [2.05, 4.69) is 0 Å². The summed E-state index contributed by atoms with van der Waals surface area (Å²) in [5, 5.41) is 11.3. The summed E-state index contributed by atoms with van der Waals surface area (Å²) in [6.07, 6.45) is -0.235. The van der Waals surface area contributed by atoms with E-state index >= 15 is 0 Å². The Morgan fingerprint density at radius 1 is 1.17 bits per heavy atom. The zero-order valence-electron chi connectivity index (χ0n) is 16.6. The van der Waals surface area contributed by atoms with Crippen LogP contribution in [0.2, 0.25) is 0 Å². The topological polar surface area (TPSA) is 93.0 Å². The summed E-state index contributed by atoms with van der Waals surface area (Å²) in [7, 11) is 3.36. The number of nitro groups is 1. The van der Waals surface area contributed by atoms with E-state index in [1.807, 2.05) is 24.3 Å². The Labute approximate surface area is 168 Å². The molecule has 0 fully saturated rings. The van der Waals surface area contributed by atoms with Gasteiger partial charge in [-0.05, 0) is 36.6 Å². The van der Waals surface area contributed by atoms with Gasteiger partial charge in [0.05, 0.1) is 10.5 Å². The summed E-state index contributed by atoms with van der Waals surface area (Å²) in [6, 6.07) is 12.1. The first-order valence-electron chi connectivity index (χ1n) is 9.30. The highest BCUT2D eigenvalue weighted by atomic mass is 16.6. The van der Waals surface area contributed by atoms with Gasteiger partial charge in [-0.1, -0.05) is 24.3 Å². The van der Waals surface area contributed by atoms with Crippen LogP contribution in [0.15, 0.2) is 42.5 Å². The van der Waals surface area contributed by atoms with Crippen LogP contribution in [0.1, 0.15) is 28.4 Å². The number of anilines is 1. The minimum atomic E-state index is -0.986. The van der Waals surface area contributed by atoms with Crippen LogP contribution in [-0.4, -0.2) is 48.4 Å². The van der Waals surface area contributed by atoms with Crippen molar-refractivity contribution in [3.8, 4) is 0 Å². The first-order valence-corrected chi connectivity index (χ1v) is 9.30. The number of esters is 1. The Morgan fingerprint density at radius 2 is 1.86 bits per heavy atom. The molecule has 0 unspecified atom stereocenters. The molecule has 8 nitrogen and oxygen atoms in total. The van der Waals surface area contributed by atoms with Gasteiger partial charge in [0.2, 0.25) is 0 Å². The molecule has 0 aliphatic carbocycles. The molecule has 0 N–H and O–H groups in total. The minimum Gasteiger partial charge on any atom is -0.449 e. The molecule has 8 heteroatoms. The number of benzene rings is 2. The van der Waals surface area contributed by atoms with Gasteiger partial charge in [0, 0.05) is 33.3 Å². The van der Waals surface area contributed by atoms with E-state index in [9.17, 15) is 19.7 Å². The molecular formula is C21H23N3O5. The van der Waals surface area contributed by atoms with Crippen LogP contribution in [0, 0.1) is 10.1 Å². The molecule has 3 rings (SSSR count). The van der Waals surface area contributed by atoms with Crippen molar-refractivity contribution in [2.75, 3.05) is 25.5 Å². The van der Waals surface area contributed by atoms with Gasteiger partial charge in [-0.2, -0.15) is 0 Å². The van der Waals surface area contributed by atoms with Crippen LogP contribution in [0.5, 0.6) is 0 Å². The summed E-state index contributed by atoms with van der Waals surface area (Å²) in [5.41, 5.74) is 2.51. The predicted molar refractivity (Wildman–Crippen MR) is 108 cm³/mol. The van der Waals surface area contributed by atoms with E-state index in [-0.39, 0.29) is 17.2 Å². The number of nitro benzene ring substituents is 1. The van der Waals surface area contributed by atoms with Gasteiger partial charge in [-0.15, -0.1) is 0 Å². The molecule has 2 aromatic rings. The molecule has 0 radical (unpaired) electrons. The number of ether oxygens (including phenoxy) is 1. The van der Waals surface area contributed by atoms with Crippen LogP contribution >= 0.6 is 0 Å². The van der Waals surface area contributed by atoms with E-state index in [4.69, 9.17) is 4.74 Å². The molecule has 1 aliphatic rings. The maximum absolute atomic E-state index is 12.7. The number of carbonyl (C=O) groups is 2. The van der Waals surface area contributed by atoms with Gasteiger partial charge in [0.15, 0.2) is 6.10 Å². The summed E-state index contributed by atoms with van der Waals surface area (Å²) < 4.78 is 5.31. The normalized spacial score (nSPS) is 14.0. The second-order valence-corrected chi connectivity index (χ2v) is 7.18. The van der Waals surface area contributed by atoms with E-state index in [1.165, 1.54) is 30.7 Å². The maximum Gasteiger partial charge on any atom is 0.339 e. The van der Waals surface area contributed by atoms with Gasteiger partial charge in [0.1, 0.15) is 5.69 Å². The average molecular weight is 397 g/mol. The van der Waals surface area contributed by atoms with E-state index in [1.54, 1.807) is 23.9 Å². The first-order chi connectivity index (χ1) is 13.8.